The predicted molar refractivity (Wildman–Crippen MR) is 73.5 cm³/mol. The molecular formula is C16H13F2N2. The smallest absolute Gasteiger partial charge is 0.165 e. The highest BCUT2D eigenvalue weighted by Crippen LogP contribution is 2.40. The van der Waals surface area contributed by atoms with Crippen LogP contribution >= 0.6 is 0 Å². The zero-order valence-corrected chi connectivity index (χ0v) is 10.9. The van der Waals surface area contributed by atoms with E-state index in [0.717, 1.165) is 11.1 Å². The fourth-order valence-electron chi connectivity index (χ4n) is 2.55. The molecule has 2 atom stereocenters. The molecule has 1 aliphatic rings. The lowest BCUT2D eigenvalue weighted by atomic mass is 9.82. The average Bonchev–Trinajstić information content (AvgIpc) is 2.82. The molecular weight excluding hydrogens is 258 g/mol. The van der Waals surface area contributed by atoms with E-state index in [4.69, 9.17) is 0 Å². The minimum Gasteiger partial charge on any atom is -0.358 e. The van der Waals surface area contributed by atoms with Gasteiger partial charge in [0.25, 0.3) is 0 Å². The number of nitrogens with one attached hydrogen (secondary N) is 1. The Kier molecular flexibility index (Phi) is 3.01. The number of aliphatic imine (C=N–C) groups is 1. The molecule has 20 heavy (non-hydrogen) atoms. The van der Waals surface area contributed by atoms with Gasteiger partial charge >= 0.3 is 0 Å². The minimum absolute atomic E-state index is 0.278. The third-order valence-corrected chi connectivity index (χ3v) is 3.65. The number of rotatable bonds is 2. The van der Waals surface area contributed by atoms with Crippen LogP contribution in [0.25, 0.3) is 0 Å². The van der Waals surface area contributed by atoms with Gasteiger partial charge in [0.1, 0.15) is 17.2 Å². The van der Waals surface area contributed by atoms with Gasteiger partial charge in [-0.25, -0.2) is 8.78 Å². The lowest BCUT2D eigenvalue weighted by Gasteiger charge is -2.30. The van der Waals surface area contributed by atoms with Crippen LogP contribution in [-0.4, -0.2) is 6.34 Å². The first kappa shape index (κ1) is 12.8. The maximum atomic E-state index is 13.4. The van der Waals surface area contributed by atoms with Gasteiger partial charge in [-0.2, -0.15) is 0 Å². The number of benzene rings is 2. The van der Waals surface area contributed by atoms with Gasteiger partial charge in [0.15, 0.2) is 6.34 Å². The van der Waals surface area contributed by atoms with E-state index in [1.165, 1.54) is 24.3 Å². The largest absolute Gasteiger partial charge is 0.358 e. The van der Waals surface area contributed by atoms with Crippen LogP contribution < -0.4 is 5.32 Å². The van der Waals surface area contributed by atoms with Crippen molar-refractivity contribution < 1.29 is 8.78 Å². The molecule has 0 spiro atoms. The minimum atomic E-state index is -0.712. The molecule has 4 heteroatoms. The number of halogens is 2. The maximum absolute atomic E-state index is 13.4. The second-order valence-electron chi connectivity index (χ2n) is 5.01. The Bertz CT molecular complexity index is 669. The van der Waals surface area contributed by atoms with Crippen molar-refractivity contribution in [1.82, 2.24) is 5.32 Å². The number of nitrogens with zero attached hydrogens (tertiary/aromatic N) is 1. The first-order valence-electron chi connectivity index (χ1n) is 6.33. The maximum Gasteiger partial charge on any atom is 0.165 e. The molecule has 1 N–H and O–H groups in total. The second kappa shape index (κ2) is 4.71. The molecule has 1 heterocycles. The summed E-state index contributed by atoms with van der Waals surface area (Å²) in [4.78, 5) is 4.32. The monoisotopic (exact) mass is 271 g/mol. The second-order valence-corrected chi connectivity index (χ2v) is 5.01. The summed E-state index contributed by atoms with van der Waals surface area (Å²) >= 11 is 0. The van der Waals surface area contributed by atoms with Gasteiger partial charge in [0, 0.05) is 0 Å². The van der Waals surface area contributed by atoms with Gasteiger partial charge in [-0.15, -0.1) is 0 Å². The average molecular weight is 271 g/mol. The van der Waals surface area contributed by atoms with Crippen LogP contribution in [0.2, 0.25) is 0 Å². The zero-order chi connectivity index (χ0) is 14.2. The van der Waals surface area contributed by atoms with Crippen molar-refractivity contribution in [3.8, 4) is 0 Å². The van der Waals surface area contributed by atoms with Gasteiger partial charge in [-0.05, 0) is 42.3 Å². The Balaban J connectivity index is 2.05. The lowest BCUT2D eigenvalue weighted by Crippen LogP contribution is -2.31. The van der Waals surface area contributed by atoms with Crippen LogP contribution in [-0.2, 0) is 5.54 Å². The van der Waals surface area contributed by atoms with Crippen molar-refractivity contribution in [1.29, 1.82) is 0 Å². The molecule has 0 fully saturated rings. The summed E-state index contributed by atoms with van der Waals surface area (Å²) in [6.45, 7) is 1.88. The Morgan fingerprint density at radius 1 is 1.10 bits per heavy atom. The molecule has 0 saturated heterocycles. The van der Waals surface area contributed by atoms with Crippen molar-refractivity contribution in [2.75, 3.05) is 0 Å². The van der Waals surface area contributed by atoms with Gasteiger partial charge in [-0.3, -0.25) is 4.99 Å². The molecule has 2 aromatic rings. The van der Waals surface area contributed by atoms with E-state index in [9.17, 15) is 8.78 Å². The first-order chi connectivity index (χ1) is 9.59. The van der Waals surface area contributed by atoms with Crippen molar-refractivity contribution in [2.24, 2.45) is 4.99 Å². The highest BCUT2D eigenvalue weighted by molar-refractivity contribution is 5.62. The number of hydrogen-bond acceptors (Lipinski definition) is 2. The summed E-state index contributed by atoms with van der Waals surface area (Å²) < 4.78 is 26.8. The van der Waals surface area contributed by atoms with Crippen molar-refractivity contribution in [3.05, 3.63) is 71.3 Å². The van der Waals surface area contributed by atoms with E-state index >= 15 is 0 Å². The lowest BCUT2D eigenvalue weighted by molar-refractivity contribution is 0.402. The van der Waals surface area contributed by atoms with Gasteiger partial charge in [-0.1, -0.05) is 24.3 Å². The van der Waals surface area contributed by atoms with E-state index in [1.807, 2.05) is 19.1 Å². The molecule has 0 saturated carbocycles. The summed E-state index contributed by atoms with van der Waals surface area (Å²) in [6.07, 6.45) is 2.73. The normalized spacial score (nSPS) is 24.6. The van der Waals surface area contributed by atoms with E-state index in [2.05, 4.69) is 16.6 Å². The third kappa shape index (κ3) is 2.07. The Hall–Kier alpha value is -2.23. The summed E-state index contributed by atoms with van der Waals surface area (Å²) in [5.74, 6) is -0.624. The molecule has 1 aliphatic heterocycles. The summed E-state index contributed by atoms with van der Waals surface area (Å²) in [6, 6.07) is 12.3. The van der Waals surface area contributed by atoms with Gasteiger partial charge in [0.2, 0.25) is 0 Å². The number of hydrogen-bond donors (Lipinski definition) is 1. The summed E-state index contributed by atoms with van der Waals surface area (Å²) in [5.41, 5.74) is 0.769. The van der Waals surface area contributed by atoms with E-state index in [0.29, 0.717) is 0 Å². The fraction of sp³-hybridized carbons (Fsp3) is 0.188. The van der Waals surface area contributed by atoms with Crippen LogP contribution in [0.4, 0.5) is 8.78 Å². The van der Waals surface area contributed by atoms with Crippen LogP contribution in [0.1, 0.15) is 24.1 Å². The molecule has 3 rings (SSSR count). The highest BCUT2D eigenvalue weighted by Gasteiger charge is 2.40. The predicted octanol–water partition coefficient (Wildman–Crippen LogP) is 3.43. The molecule has 101 valence electrons. The van der Waals surface area contributed by atoms with Crippen molar-refractivity contribution in [3.63, 3.8) is 0 Å². The molecule has 1 radical (unpaired) electrons. The summed E-state index contributed by atoms with van der Waals surface area (Å²) in [5, 5.41) is 3.00. The third-order valence-electron chi connectivity index (χ3n) is 3.65. The fourth-order valence-corrected chi connectivity index (χ4v) is 2.55. The first-order valence-corrected chi connectivity index (χ1v) is 6.33. The SMILES string of the molecule is C[C@@]1(c2cccc(F)c2)N=[C]N[C@@H]1c1cccc(F)c1. The Morgan fingerprint density at radius 3 is 2.50 bits per heavy atom. The van der Waals surface area contributed by atoms with Gasteiger partial charge in [0.05, 0.1) is 6.04 Å². The van der Waals surface area contributed by atoms with Crippen molar-refractivity contribution >= 4 is 6.34 Å². The summed E-state index contributed by atoms with van der Waals surface area (Å²) in [7, 11) is 0. The molecule has 0 bridgehead atoms. The zero-order valence-electron chi connectivity index (χ0n) is 10.9. The molecule has 2 aromatic carbocycles. The van der Waals surface area contributed by atoms with Crippen LogP contribution in [0.5, 0.6) is 0 Å². The van der Waals surface area contributed by atoms with Gasteiger partial charge < -0.3 is 5.32 Å². The van der Waals surface area contributed by atoms with E-state index < -0.39 is 5.54 Å². The van der Waals surface area contributed by atoms with Crippen LogP contribution in [0, 0.1) is 11.6 Å². The topological polar surface area (TPSA) is 24.4 Å². The molecule has 0 unspecified atom stereocenters. The van der Waals surface area contributed by atoms with E-state index in [-0.39, 0.29) is 17.7 Å². The quantitative estimate of drug-likeness (QED) is 0.889. The molecule has 0 amide bonds. The molecule has 0 aliphatic carbocycles. The van der Waals surface area contributed by atoms with Crippen molar-refractivity contribution in [2.45, 2.75) is 18.5 Å². The Morgan fingerprint density at radius 2 is 1.80 bits per heavy atom. The molecule has 0 aromatic heterocycles. The van der Waals surface area contributed by atoms with Crippen LogP contribution in [0.15, 0.2) is 53.5 Å². The van der Waals surface area contributed by atoms with Crippen LogP contribution in [0.3, 0.4) is 0 Å². The van der Waals surface area contributed by atoms with E-state index in [1.54, 1.807) is 12.1 Å². The Labute approximate surface area is 116 Å². The highest BCUT2D eigenvalue weighted by atomic mass is 19.1. The standard InChI is InChI=1S/C16H13F2N2/c1-16(12-5-3-7-14(18)9-12)15(19-10-20-16)11-4-2-6-13(17)8-11/h2-9,15H,1H3,(H,19,20)/t15-,16+/m1/s1. The molecule has 2 nitrogen and oxygen atoms in total.